The van der Waals surface area contributed by atoms with Crippen molar-refractivity contribution < 1.29 is 0 Å². The molecule has 0 amide bonds. The van der Waals surface area contributed by atoms with Gasteiger partial charge in [-0.05, 0) is 6.42 Å². The zero-order valence-electron chi connectivity index (χ0n) is 12.9. The first-order valence-electron chi connectivity index (χ1n) is 8.21. The average Bonchev–Trinajstić information content (AvgIpc) is 2.34. The summed E-state index contributed by atoms with van der Waals surface area (Å²) in [7, 11) is 0. The minimum absolute atomic E-state index is 0. The summed E-state index contributed by atoms with van der Waals surface area (Å²) in [5.41, 5.74) is 5.60. The minimum atomic E-state index is 0. The Balaban J connectivity index is 0. The Kier molecular flexibility index (Phi) is 21.4. The van der Waals surface area contributed by atoms with Crippen LogP contribution >= 0.6 is 25.0 Å². The Morgan fingerprint density at radius 3 is 1.32 bits per heavy atom. The van der Waals surface area contributed by atoms with Crippen molar-refractivity contribution in [3.8, 4) is 0 Å². The lowest BCUT2D eigenvalue weighted by atomic mass is 10.0. The van der Waals surface area contributed by atoms with Gasteiger partial charge in [0.15, 0.2) is 0 Å². The SMILES string of the molecule is CCCCCCCCCCCCCCCC(N)S.Cl. The molecule has 1 unspecified atom stereocenters. The number of nitrogens with two attached hydrogens (primary N) is 1. The molecule has 0 aromatic carbocycles. The lowest BCUT2D eigenvalue weighted by Gasteiger charge is -2.04. The van der Waals surface area contributed by atoms with Gasteiger partial charge in [0.2, 0.25) is 0 Å². The molecule has 0 saturated carbocycles. The van der Waals surface area contributed by atoms with Crippen LogP contribution in [-0.4, -0.2) is 5.37 Å². The maximum Gasteiger partial charge on any atom is 0.0477 e. The largest absolute Gasteiger partial charge is 0.320 e. The van der Waals surface area contributed by atoms with Crippen LogP contribution in [0.1, 0.15) is 96.8 Å². The molecule has 0 rings (SSSR count). The Labute approximate surface area is 133 Å². The van der Waals surface area contributed by atoms with Gasteiger partial charge >= 0.3 is 0 Å². The Morgan fingerprint density at radius 2 is 1.00 bits per heavy atom. The van der Waals surface area contributed by atoms with E-state index in [2.05, 4.69) is 19.6 Å². The van der Waals surface area contributed by atoms with Crippen LogP contribution in [0.5, 0.6) is 0 Å². The van der Waals surface area contributed by atoms with E-state index < -0.39 is 0 Å². The topological polar surface area (TPSA) is 26.0 Å². The van der Waals surface area contributed by atoms with E-state index in [9.17, 15) is 0 Å². The lowest BCUT2D eigenvalue weighted by Crippen LogP contribution is -2.10. The summed E-state index contributed by atoms with van der Waals surface area (Å²) < 4.78 is 0. The van der Waals surface area contributed by atoms with Crippen molar-refractivity contribution in [2.45, 2.75) is 102 Å². The van der Waals surface area contributed by atoms with Crippen LogP contribution in [0.2, 0.25) is 0 Å². The second-order valence-electron chi connectivity index (χ2n) is 5.60. The molecule has 0 heterocycles. The molecule has 0 fully saturated rings. The third-order valence-electron chi connectivity index (χ3n) is 3.60. The van der Waals surface area contributed by atoms with E-state index in [1.165, 1.54) is 83.5 Å². The van der Waals surface area contributed by atoms with Crippen LogP contribution < -0.4 is 5.73 Å². The lowest BCUT2D eigenvalue weighted by molar-refractivity contribution is 0.535. The summed E-state index contributed by atoms with van der Waals surface area (Å²) >= 11 is 4.19. The molecular formula is C16H36ClNS. The van der Waals surface area contributed by atoms with Gasteiger partial charge in [-0.15, -0.1) is 12.4 Å². The van der Waals surface area contributed by atoms with E-state index in [-0.39, 0.29) is 17.8 Å². The zero-order valence-corrected chi connectivity index (χ0v) is 14.6. The minimum Gasteiger partial charge on any atom is -0.320 e. The van der Waals surface area contributed by atoms with Crippen molar-refractivity contribution in [3.05, 3.63) is 0 Å². The normalized spacial score (nSPS) is 12.2. The number of thiol groups is 1. The third-order valence-corrected chi connectivity index (χ3v) is 3.86. The number of halogens is 1. The molecule has 0 spiro atoms. The average molecular weight is 310 g/mol. The molecule has 0 aliphatic rings. The van der Waals surface area contributed by atoms with Gasteiger partial charge < -0.3 is 5.73 Å². The van der Waals surface area contributed by atoms with Gasteiger partial charge in [0.05, 0.1) is 0 Å². The zero-order chi connectivity index (χ0) is 13.5. The van der Waals surface area contributed by atoms with Gasteiger partial charge in [0, 0.05) is 5.37 Å². The summed E-state index contributed by atoms with van der Waals surface area (Å²) in [5, 5.41) is 0.0951. The quantitative estimate of drug-likeness (QED) is 0.226. The molecule has 118 valence electrons. The van der Waals surface area contributed by atoms with Crippen molar-refractivity contribution in [3.63, 3.8) is 0 Å². The van der Waals surface area contributed by atoms with Crippen molar-refractivity contribution in [2.24, 2.45) is 5.73 Å². The maximum absolute atomic E-state index is 5.60. The van der Waals surface area contributed by atoms with Crippen LogP contribution in [0.4, 0.5) is 0 Å². The fourth-order valence-corrected chi connectivity index (χ4v) is 2.55. The first-order valence-corrected chi connectivity index (χ1v) is 8.72. The first kappa shape index (κ1) is 21.9. The predicted molar refractivity (Wildman–Crippen MR) is 94.5 cm³/mol. The molecule has 0 aromatic heterocycles. The van der Waals surface area contributed by atoms with E-state index in [4.69, 9.17) is 5.73 Å². The van der Waals surface area contributed by atoms with Crippen molar-refractivity contribution in [1.29, 1.82) is 0 Å². The molecule has 0 bridgehead atoms. The second kappa shape index (κ2) is 18.6. The van der Waals surface area contributed by atoms with E-state index in [0.717, 1.165) is 6.42 Å². The van der Waals surface area contributed by atoms with Crippen molar-refractivity contribution >= 4 is 25.0 Å². The van der Waals surface area contributed by atoms with Crippen molar-refractivity contribution in [1.82, 2.24) is 0 Å². The highest BCUT2D eigenvalue weighted by molar-refractivity contribution is 7.80. The van der Waals surface area contributed by atoms with Gasteiger partial charge in [-0.2, -0.15) is 12.6 Å². The molecule has 19 heavy (non-hydrogen) atoms. The van der Waals surface area contributed by atoms with Gasteiger partial charge in [-0.1, -0.05) is 90.4 Å². The molecule has 0 aliphatic carbocycles. The van der Waals surface area contributed by atoms with E-state index in [0.29, 0.717) is 0 Å². The molecule has 2 N–H and O–H groups in total. The predicted octanol–water partition coefficient (Wildman–Crippen LogP) is 6.10. The maximum atomic E-state index is 5.60. The molecule has 0 aromatic rings. The molecule has 0 radical (unpaired) electrons. The number of hydrogen-bond donors (Lipinski definition) is 2. The number of rotatable bonds is 14. The van der Waals surface area contributed by atoms with Crippen LogP contribution in [0.3, 0.4) is 0 Å². The molecule has 1 nitrogen and oxygen atoms in total. The van der Waals surface area contributed by atoms with Crippen LogP contribution in [0.15, 0.2) is 0 Å². The Morgan fingerprint density at radius 1 is 0.684 bits per heavy atom. The molecule has 1 atom stereocenters. The van der Waals surface area contributed by atoms with Gasteiger partial charge in [-0.25, -0.2) is 0 Å². The Hall–Kier alpha value is 0.600. The van der Waals surface area contributed by atoms with Gasteiger partial charge in [-0.3, -0.25) is 0 Å². The molecular weight excluding hydrogens is 274 g/mol. The highest BCUT2D eigenvalue weighted by Gasteiger charge is 1.96. The monoisotopic (exact) mass is 309 g/mol. The number of unbranched alkanes of at least 4 members (excludes halogenated alkanes) is 12. The summed E-state index contributed by atoms with van der Waals surface area (Å²) in [6.45, 7) is 2.28. The summed E-state index contributed by atoms with van der Waals surface area (Å²) in [5.74, 6) is 0. The Bertz CT molecular complexity index is 154. The van der Waals surface area contributed by atoms with Crippen LogP contribution in [0.25, 0.3) is 0 Å². The summed E-state index contributed by atoms with van der Waals surface area (Å²) in [6, 6.07) is 0. The summed E-state index contributed by atoms with van der Waals surface area (Å²) in [6.07, 6.45) is 19.4. The summed E-state index contributed by atoms with van der Waals surface area (Å²) in [4.78, 5) is 0. The van der Waals surface area contributed by atoms with E-state index in [1.807, 2.05) is 0 Å². The third kappa shape index (κ3) is 21.1. The standard InChI is InChI=1S/C16H35NS.ClH/c1-2-3-4-5-6-7-8-9-10-11-12-13-14-15-16(17)18;/h16,18H,2-15,17H2,1H3;1H. The van der Waals surface area contributed by atoms with Crippen LogP contribution in [0, 0.1) is 0 Å². The highest BCUT2D eigenvalue weighted by atomic mass is 35.5. The smallest absolute Gasteiger partial charge is 0.0477 e. The molecule has 0 saturated heterocycles. The molecule has 0 aliphatic heterocycles. The molecule has 3 heteroatoms. The fourth-order valence-electron chi connectivity index (χ4n) is 2.37. The number of hydrogen-bond acceptors (Lipinski definition) is 2. The van der Waals surface area contributed by atoms with Crippen molar-refractivity contribution in [2.75, 3.05) is 0 Å². The van der Waals surface area contributed by atoms with E-state index in [1.54, 1.807) is 0 Å². The van der Waals surface area contributed by atoms with Gasteiger partial charge in [0.1, 0.15) is 0 Å². The van der Waals surface area contributed by atoms with E-state index >= 15 is 0 Å². The second-order valence-corrected chi connectivity index (χ2v) is 6.26. The highest BCUT2D eigenvalue weighted by Crippen LogP contribution is 2.13. The first-order chi connectivity index (χ1) is 8.77. The fraction of sp³-hybridized carbons (Fsp3) is 1.00. The van der Waals surface area contributed by atoms with Crippen LogP contribution in [-0.2, 0) is 0 Å². The van der Waals surface area contributed by atoms with Gasteiger partial charge in [0.25, 0.3) is 0 Å².